The number of nitrogens with zero attached hydrogens (tertiary/aromatic N) is 2. The van der Waals surface area contributed by atoms with Gasteiger partial charge in [0.15, 0.2) is 5.56 Å². The number of carbonyl (C=O) groups is 2. The highest BCUT2D eigenvalue weighted by Crippen LogP contribution is 2.31. The zero-order valence-corrected chi connectivity index (χ0v) is 14.2. The second-order valence-electron chi connectivity index (χ2n) is 4.96. The van der Waals surface area contributed by atoms with E-state index in [-0.39, 0.29) is 23.1 Å². The summed E-state index contributed by atoms with van der Waals surface area (Å²) in [6, 6.07) is 6.76. The van der Waals surface area contributed by atoms with Gasteiger partial charge in [0.05, 0.1) is 7.11 Å². The predicted octanol–water partition coefficient (Wildman–Crippen LogP) is 2.52. The van der Waals surface area contributed by atoms with Crippen molar-refractivity contribution in [3.8, 4) is 11.6 Å². The quantitative estimate of drug-likeness (QED) is 0.829. The molecule has 24 heavy (non-hydrogen) atoms. The first-order valence-electron chi connectivity index (χ1n) is 6.89. The molecular weight excluding hydrogens is 334 g/mol. The molecule has 1 aromatic heterocycles. The van der Waals surface area contributed by atoms with Gasteiger partial charge in [0.1, 0.15) is 17.4 Å². The van der Waals surface area contributed by atoms with Crippen LogP contribution in [0, 0.1) is 0 Å². The number of carboxylic acids is 1. The molecule has 0 saturated carbocycles. The molecule has 0 atom stereocenters. The van der Waals surface area contributed by atoms with Crippen molar-refractivity contribution in [2.24, 2.45) is 0 Å². The topological polar surface area (TPSA) is 101 Å². The summed E-state index contributed by atoms with van der Waals surface area (Å²) in [5.74, 6) is -0.588. The van der Waals surface area contributed by atoms with E-state index in [1.807, 2.05) is 6.07 Å². The third-order valence-corrected chi connectivity index (χ3v) is 3.76. The minimum atomic E-state index is -1.22. The van der Waals surface area contributed by atoms with Gasteiger partial charge in [-0.25, -0.2) is 9.59 Å². The van der Waals surface area contributed by atoms with Gasteiger partial charge in [-0.2, -0.15) is 4.37 Å². The Morgan fingerprint density at radius 2 is 2.12 bits per heavy atom. The summed E-state index contributed by atoms with van der Waals surface area (Å²) in [7, 11) is 4.66. The maximum atomic E-state index is 11.7. The third-order valence-electron chi connectivity index (χ3n) is 3.01. The molecule has 0 radical (unpaired) electrons. The number of aromatic nitrogens is 1. The Hall–Kier alpha value is -2.81. The van der Waals surface area contributed by atoms with Crippen LogP contribution >= 0.6 is 11.5 Å². The largest absolute Gasteiger partial charge is 0.497 e. The lowest BCUT2D eigenvalue weighted by atomic mass is 10.2. The molecule has 0 aliphatic heterocycles. The van der Waals surface area contributed by atoms with Crippen LogP contribution in [0.25, 0.3) is 0 Å². The van der Waals surface area contributed by atoms with E-state index in [1.165, 1.54) is 4.90 Å². The van der Waals surface area contributed by atoms with Crippen LogP contribution in [0.4, 0.5) is 9.80 Å². The van der Waals surface area contributed by atoms with Crippen molar-refractivity contribution in [1.29, 1.82) is 0 Å². The Balaban J connectivity index is 2.16. The first-order valence-corrected chi connectivity index (χ1v) is 7.66. The zero-order chi connectivity index (χ0) is 17.7. The molecule has 0 aliphatic carbocycles. The number of carboxylic acid groups (broad SMARTS) is 1. The van der Waals surface area contributed by atoms with Crippen molar-refractivity contribution in [2.45, 2.75) is 6.61 Å². The Morgan fingerprint density at radius 1 is 1.38 bits per heavy atom. The molecule has 8 nitrogen and oxygen atoms in total. The summed E-state index contributed by atoms with van der Waals surface area (Å²) in [4.78, 5) is 24.5. The maximum Gasteiger partial charge on any atom is 0.344 e. The molecule has 2 amide bonds. The van der Waals surface area contributed by atoms with E-state index in [0.29, 0.717) is 5.75 Å². The number of hydrogen-bond donors (Lipinski definition) is 2. The van der Waals surface area contributed by atoms with E-state index in [9.17, 15) is 14.7 Å². The van der Waals surface area contributed by atoms with Crippen molar-refractivity contribution in [1.82, 2.24) is 9.27 Å². The summed E-state index contributed by atoms with van der Waals surface area (Å²) in [6.07, 6.45) is 0. The summed E-state index contributed by atoms with van der Waals surface area (Å²) >= 11 is 0.854. The van der Waals surface area contributed by atoms with E-state index >= 15 is 0 Å². The fraction of sp³-hybridized carbons (Fsp3) is 0.267. The maximum absolute atomic E-state index is 11.7. The number of amides is 2. The Labute approximate surface area is 142 Å². The number of methoxy groups -OCH3 is 1. The fourth-order valence-electron chi connectivity index (χ4n) is 1.77. The summed E-state index contributed by atoms with van der Waals surface area (Å²) in [6.45, 7) is 0.127. The van der Waals surface area contributed by atoms with E-state index < -0.39 is 12.0 Å². The van der Waals surface area contributed by atoms with E-state index in [2.05, 4.69) is 9.69 Å². The van der Waals surface area contributed by atoms with Crippen LogP contribution in [0.5, 0.6) is 11.6 Å². The van der Waals surface area contributed by atoms with Crippen molar-refractivity contribution in [3.05, 3.63) is 35.4 Å². The molecule has 9 heteroatoms. The minimum absolute atomic E-state index is 0.0376. The van der Waals surface area contributed by atoms with E-state index in [4.69, 9.17) is 9.47 Å². The third kappa shape index (κ3) is 4.13. The van der Waals surface area contributed by atoms with E-state index in [1.54, 1.807) is 39.4 Å². The highest BCUT2D eigenvalue weighted by atomic mass is 32.1. The lowest BCUT2D eigenvalue weighted by Crippen LogP contribution is -2.27. The van der Waals surface area contributed by atoms with Crippen LogP contribution in [0.15, 0.2) is 24.3 Å². The number of carbonyl (C=O) groups excluding carboxylic acids is 1. The highest BCUT2D eigenvalue weighted by molar-refractivity contribution is 7.11. The molecule has 128 valence electrons. The lowest BCUT2D eigenvalue weighted by molar-refractivity contribution is 0.0693. The minimum Gasteiger partial charge on any atom is -0.497 e. The number of hydrogen-bond acceptors (Lipinski definition) is 6. The number of ether oxygens (including phenoxy) is 2. The molecular formula is C15H17N3O5S. The van der Waals surface area contributed by atoms with Gasteiger partial charge in [-0.3, -0.25) is 5.32 Å². The van der Waals surface area contributed by atoms with Gasteiger partial charge in [0.25, 0.3) is 0 Å². The Morgan fingerprint density at radius 3 is 2.75 bits per heavy atom. The van der Waals surface area contributed by atoms with Crippen LogP contribution < -0.4 is 14.8 Å². The molecule has 2 rings (SSSR count). The second kappa shape index (κ2) is 7.64. The summed E-state index contributed by atoms with van der Waals surface area (Å²) in [5.41, 5.74) is 0.635. The van der Waals surface area contributed by atoms with Crippen molar-refractivity contribution < 1.29 is 24.2 Å². The van der Waals surface area contributed by atoms with Gasteiger partial charge < -0.3 is 19.5 Å². The molecule has 0 saturated heterocycles. The highest BCUT2D eigenvalue weighted by Gasteiger charge is 2.23. The Bertz CT molecular complexity index is 744. The second-order valence-corrected chi connectivity index (χ2v) is 5.74. The van der Waals surface area contributed by atoms with Crippen LogP contribution in [-0.2, 0) is 6.61 Å². The Kier molecular flexibility index (Phi) is 5.59. The molecule has 1 aromatic carbocycles. The van der Waals surface area contributed by atoms with Crippen LogP contribution in [0.3, 0.4) is 0 Å². The van der Waals surface area contributed by atoms with Gasteiger partial charge >= 0.3 is 12.0 Å². The molecule has 2 aromatic rings. The first-order chi connectivity index (χ1) is 11.4. The monoisotopic (exact) mass is 351 g/mol. The lowest BCUT2D eigenvalue weighted by Gasteiger charge is -2.11. The number of rotatable bonds is 6. The van der Waals surface area contributed by atoms with Gasteiger partial charge in [-0.15, -0.1) is 0 Å². The molecule has 0 fully saturated rings. The van der Waals surface area contributed by atoms with Gasteiger partial charge in [-0.1, -0.05) is 12.1 Å². The SMILES string of the molecule is COc1cccc(COc2nsc(NC(=O)N(C)C)c2C(=O)O)c1. The van der Waals surface area contributed by atoms with Gasteiger partial charge in [0.2, 0.25) is 5.88 Å². The zero-order valence-electron chi connectivity index (χ0n) is 13.4. The predicted molar refractivity (Wildman–Crippen MR) is 89.1 cm³/mol. The van der Waals surface area contributed by atoms with Crippen LogP contribution in [0.2, 0.25) is 0 Å². The smallest absolute Gasteiger partial charge is 0.344 e. The number of urea groups is 1. The average molecular weight is 351 g/mol. The van der Waals surface area contributed by atoms with E-state index in [0.717, 1.165) is 17.1 Å². The van der Waals surface area contributed by atoms with Gasteiger partial charge in [-0.05, 0) is 29.2 Å². The molecule has 0 unspecified atom stereocenters. The summed E-state index contributed by atoms with van der Waals surface area (Å²) < 4.78 is 14.6. The van der Waals surface area contributed by atoms with Crippen LogP contribution in [0.1, 0.15) is 15.9 Å². The molecule has 0 bridgehead atoms. The molecule has 1 heterocycles. The molecule has 0 spiro atoms. The number of anilines is 1. The first kappa shape index (κ1) is 17.5. The standard InChI is InChI=1S/C15H17N3O5S/c1-18(2)15(21)16-13-11(14(19)20)12(17-24-13)23-8-9-5-4-6-10(7-9)22-3/h4-7H,8H2,1-3H3,(H,16,21)(H,19,20). The van der Waals surface area contributed by atoms with Crippen molar-refractivity contribution >= 4 is 28.5 Å². The number of benzene rings is 1. The molecule has 0 aliphatic rings. The molecule has 2 N–H and O–H groups in total. The fourth-order valence-corrected chi connectivity index (χ4v) is 2.49. The van der Waals surface area contributed by atoms with Crippen molar-refractivity contribution in [2.75, 3.05) is 26.5 Å². The summed E-state index contributed by atoms with van der Waals surface area (Å²) in [5, 5.41) is 12.0. The average Bonchev–Trinajstić information content (AvgIpc) is 2.95. The van der Waals surface area contributed by atoms with Crippen molar-refractivity contribution in [3.63, 3.8) is 0 Å². The normalized spacial score (nSPS) is 10.1. The van der Waals surface area contributed by atoms with Crippen LogP contribution in [-0.4, -0.2) is 47.6 Å². The number of nitrogens with one attached hydrogen (secondary N) is 1. The van der Waals surface area contributed by atoms with Gasteiger partial charge in [0, 0.05) is 14.1 Å². The number of aromatic carboxylic acids is 1.